The third kappa shape index (κ3) is 7.42. The Morgan fingerprint density at radius 3 is 2.23 bits per heavy atom. The Morgan fingerprint density at radius 1 is 0.955 bits per heavy atom. The van der Waals surface area contributed by atoms with Gasteiger partial charge in [0.1, 0.15) is 11.9 Å². The molecule has 0 spiro atoms. The van der Waals surface area contributed by atoms with Crippen LogP contribution in [0.4, 0.5) is 26.3 Å². The van der Waals surface area contributed by atoms with E-state index in [0.717, 1.165) is 75.6 Å². The number of phenols is 1. The monoisotopic (exact) mass is 697 g/mol. The van der Waals surface area contributed by atoms with Crippen LogP contribution in [0.5, 0.6) is 5.75 Å². The molecule has 2 saturated carbocycles. The molecule has 2 unspecified atom stereocenters. The minimum Gasteiger partial charge on any atom is -0.507 e. The summed E-state index contributed by atoms with van der Waals surface area (Å²) < 4.78 is 79.6. The van der Waals surface area contributed by atoms with Gasteiger partial charge in [-0.2, -0.15) is 22.0 Å². The second-order valence-electron chi connectivity index (χ2n) is 14.5. The number of halogens is 7. The van der Waals surface area contributed by atoms with Gasteiger partial charge < -0.3 is 15.1 Å². The molecule has 1 aromatic carbocycles. The zero-order valence-corrected chi connectivity index (χ0v) is 27.9. The van der Waals surface area contributed by atoms with E-state index in [-0.39, 0.29) is 35.8 Å². The minimum absolute atomic E-state index is 0.125. The SMILES string of the molecule is CN(CCCCCCCC(F)(F)C(F)(F)F)CCCCCC1Cc2c(ccc(O)c2Br)[C@H]2C(F)C[C@@]3(C)[C@@H](CC[C@@]3(C)O)[C@H]12. The lowest BCUT2D eigenvalue weighted by molar-refractivity contribution is -0.284. The number of hydrogen-bond donors (Lipinski definition) is 2. The number of benzene rings is 1. The molecule has 0 bridgehead atoms. The van der Waals surface area contributed by atoms with Gasteiger partial charge in [-0.3, -0.25) is 0 Å². The zero-order valence-electron chi connectivity index (χ0n) is 26.3. The minimum atomic E-state index is -5.46. The van der Waals surface area contributed by atoms with Gasteiger partial charge in [-0.05, 0) is 129 Å². The summed E-state index contributed by atoms with van der Waals surface area (Å²) in [6, 6.07) is 3.58. The fourth-order valence-electron chi connectivity index (χ4n) is 8.79. The van der Waals surface area contributed by atoms with Crippen molar-refractivity contribution in [3.8, 4) is 5.75 Å². The zero-order chi connectivity index (χ0) is 32.5. The van der Waals surface area contributed by atoms with Crippen molar-refractivity contribution in [1.82, 2.24) is 4.90 Å². The largest absolute Gasteiger partial charge is 0.507 e. The van der Waals surface area contributed by atoms with Crippen molar-refractivity contribution >= 4 is 15.9 Å². The van der Waals surface area contributed by atoms with Crippen molar-refractivity contribution < 1.29 is 36.6 Å². The topological polar surface area (TPSA) is 43.7 Å². The van der Waals surface area contributed by atoms with Gasteiger partial charge in [-0.15, -0.1) is 0 Å². The van der Waals surface area contributed by atoms with E-state index in [1.807, 2.05) is 20.0 Å². The quantitative estimate of drug-likeness (QED) is 0.150. The van der Waals surface area contributed by atoms with E-state index in [1.165, 1.54) is 0 Å². The molecule has 4 rings (SSSR count). The first kappa shape index (κ1) is 35.8. The van der Waals surface area contributed by atoms with Crippen LogP contribution in [0, 0.1) is 23.2 Å². The molecule has 2 N–H and O–H groups in total. The molecule has 3 aliphatic rings. The predicted molar refractivity (Wildman–Crippen MR) is 165 cm³/mol. The maximum absolute atomic E-state index is 16.2. The lowest BCUT2D eigenvalue weighted by atomic mass is 9.50. The molecule has 252 valence electrons. The van der Waals surface area contributed by atoms with E-state index >= 15 is 4.39 Å². The average molecular weight is 699 g/mol. The lowest BCUT2D eigenvalue weighted by Crippen LogP contribution is -2.55. The Bertz CT molecular complexity index is 1110. The van der Waals surface area contributed by atoms with Crippen LogP contribution in [-0.4, -0.2) is 59.1 Å². The summed E-state index contributed by atoms with van der Waals surface area (Å²) >= 11 is 3.59. The summed E-state index contributed by atoms with van der Waals surface area (Å²) in [5.41, 5.74) is 0.715. The highest BCUT2D eigenvalue weighted by Gasteiger charge is 2.64. The van der Waals surface area contributed by atoms with Crippen LogP contribution in [0.1, 0.15) is 114 Å². The summed E-state index contributed by atoms with van der Waals surface area (Å²) in [6.07, 6.45) is 1.75. The molecule has 3 nitrogen and oxygen atoms in total. The number of aromatic hydroxyl groups is 1. The number of hydrogen-bond acceptors (Lipinski definition) is 3. The maximum atomic E-state index is 16.2. The summed E-state index contributed by atoms with van der Waals surface area (Å²) in [5.74, 6) is -3.94. The first-order valence-electron chi connectivity index (χ1n) is 16.5. The molecule has 7 atom stereocenters. The number of nitrogens with zero attached hydrogens (tertiary/aromatic N) is 1. The van der Waals surface area contributed by atoms with Gasteiger partial charge in [-0.25, -0.2) is 4.39 Å². The molecule has 0 saturated heterocycles. The Hall–Kier alpha value is -1.00. The van der Waals surface area contributed by atoms with Gasteiger partial charge in [0.2, 0.25) is 0 Å². The highest BCUT2D eigenvalue weighted by molar-refractivity contribution is 9.10. The molecule has 0 radical (unpaired) electrons. The molecular weight excluding hydrogens is 648 g/mol. The van der Waals surface area contributed by atoms with E-state index in [2.05, 4.69) is 27.8 Å². The first-order chi connectivity index (χ1) is 20.5. The second kappa shape index (κ2) is 14.0. The molecular formula is C34H50BrF6NO2. The van der Waals surface area contributed by atoms with E-state index in [4.69, 9.17) is 0 Å². The van der Waals surface area contributed by atoms with Gasteiger partial charge in [0.25, 0.3) is 0 Å². The Balaban J connectivity index is 1.24. The highest BCUT2D eigenvalue weighted by Crippen LogP contribution is 2.66. The number of rotatable bonds is 14. The molecule has 10 heteroatoms. The normalized spacial score (nSPS) is 32.0. The fraction of sp³-hybridized carbons (Fsp3) is 0.824. The predicted octanol–water partition coefficient (Wildman–Crippen LogP) is 9.97. The van der Waals surface area contributed by atoms with E-state index in [0.29, 0.717) is 30.2 Å². The van der Waals surface area contributed by atoms with Crippen molar-refractivity contribution in [3.05, 3.63) is 27.7 Å². The molecule has 1 aromatic rings. The number of alkyl halides is 6. The fourth-order valence-corrected chi connectivity index (χ4v) is 9.31. The van der Waals surface area contributed by atoms with Gasteiger partial charge in [0, 0.05) is 17.8 Å². The van der Waals surface area contributed by atoms with Crippen LogP contribution < -0.4 is 0 Å². The molecule has 44 heavy (non-hydrogen) atoms. The first-order valence-corrected chi connectivity index (χ1v) is 17.3. The van der Waals surface area contributed by atoms with E-state index in [9.17, 15) is 32.2 Å². The Labute approximate surface area is 267 Å². The second-order valence-corrected chi connectivity index (χ2v) is 15.3. The average Bonchev–Trinajstić information content (AvgIpc) is 3.17. The molecule has 0 heterocycles. The molecule has 0 amide bonds. The summed E-state index contributed by atoms with van der Waals surface area (Å²) in [4.78, 5) is 2.24. The molecule has 0 aliphatic heterocycles. The lowest BCUT2D eigenvalue weighted by Gasteiger charge is -2.56. The van der Waals surface area contributed by atoms with Crippen LogP contribution in [0.25, 0.3) is 0 Å². The van der Waals surface area contributed by atoms with Gasteiger partial charge in [0.15, 0.2) is 0 Å². The van der Waals surface area contributed by atoms with Crippen molar-refractivity contribution in [2.45, 2.75) is 134 Å². The number of unbranched alkanes of at least 4 members (excludes halogenated alkanes) is 6. The molecule has 0 aromatic heterocycles. The summed E-state index contributed by atoms with van der Waals surface area (Å²) in [6.45, 7) is 5.76. The van der Waals surface area contributed by atoms with E-state index < -0.39 is 35.7 Å². The summed E-state index contributed by atoms with van der Waals surface area (Å²) in [5, 5.41) is 21.7. The van der Waals surface area contributed by atoms with E-state index in [1.54, 1.807) is 6.07 Å². The number of aliphatic hydroxyl groups is 1. The van der Waals surface area contributed by atoms with Gasteiger partial charge >= 0.3 is 12.1 Å². The maximum Gasteiger partial charge on any atom is 0.453 e. The van der Waals surface area contributed by atoms with Gasteiger partial charge in [-0.1, -0.05) is 45.1 Å². The van der Waals surface area contributed by atoms with Crippen molar-refractivity contribution in [2.24, 2.45) is 23.2 Å². The molecule has 3 aliphatic carbocycles. The van der Waals surface area contributed by atoms with Crippen molar-refractivity contribution in [2.75, 3.05) is 20.1 Å². The smallest absolute Gasteiger partial charge is 0.453 e. The van der Waals surface area contributed by atoms with Crippen LogP contribution in [-0.2, 0) is 6.42 Å². The summed E-state index contributed by atoms with van der Waals surface area (Å²) in [7, 11) is 2.05. The third-order valence-electron chi connectivity index (χ3n) is 11.6. The van der Waals surface area contributed by atoms with Crippen LogP contribution in [0.2, 0.25) is 0 Å². The Kier molecular flexibility index (Phi) is 11.4. The molecule has 2 fully saturated rings. The number of fused-ring (bicyclic) bond motifs is 5. The van der Waals surface area contributed by atoms with Crippen molar-refractivity contribution in [1.29, 1.82) is 0 Å². The number of phenolic OH excluding ortho intramolecular Hbond substituents is 1. The standard InChI is InChI=1S/C34H50BrF6NO2/c1-31-21-26(36)29-23-13-14-27(43)30(35)24(23)20-22(28(29)25(31)15-17-32(31,2)44)12-8-7-11-19-42(3)18-10-6-4-5-9-16-33(37,38)34(39,40)41/h13-14,22,25-26,28-29,43-44H,4-12,15-21H2,1-3H3/t22?,25-,26?,28-,29-,31-,32+/m0/s1. The van der Waals surface area contributed by atoms with Crippen LogP contribution in [0.15, 0.2) is 16.6 Å². The third-order valence-corrected chi connectivity index (χ3v) is 12.5. The highest BCUT2D eigenvalue weighted by atomic mass is 79.9. The van der Waals surface area contributed by atoms with Crippen LogP contribution in [0.3, 0.4) is 0 Å². The Morgan fingerprint density at radius 2 is 1.57 bits per heavy atom. The van der Waals surface area contributed by atoms with Crippen molar-refractivity contribution in [3.63, 3.8) is 0 Å². The van der Waals surface area contributed by atoms with Gasteiger partial charge in [0.05, 0.1) is 10.1 Å². The van der Waals surface area contributed by atoms with Crippen LogP contribution >= 0.6 is 15.9 Å².